The molecule has 2 aromatic rings. The number of likely N-dealkylation sites (N-methyl/N-ethyl adjacent to an activating group) is 1. The van der Waals surface area contributed by atoms with Gasteiger partial charge in [-0.15, -0.1) is 11.3 Å². The first kappa shape index (κ1) is 20.4. The van der Waals surface area contributed by atoms with Gasteiger partial charge in [-0.3, -0.25) is 4.79 Å². The van der Waals surface area contributed by atoms with Crippen LogP contribution in [0.25, 0.3) is 0 Å². The summed E-state index contributed by atoms with van der Waals surface area (Å²) in [6.45, 7) is 7.20. The van der Waals surface area contributed by atoms with E-state index in [9.17, 15) is 9.59 Å². The van der Waals surface area contributed by atoms with E-state index in [-0.39, 0.29) is 11.9 Å². The van der Waals surface area contributed by atoms with Gasteiger partial charge in [0.2, 0.25) is 0 Å². The second-order valence-electron chi connectivity index (χ2n) is 7.10. The molecule has 0 spiro atoms. The zero-order valence-corrected chi connectivity index (χ0v) is 17.7. The number of nitrogens with one attached hydrogen (secondary N) is 2. The number of carbonyl (C=O) groups is 2. The van der Waals surface area contributed by atoms with Gasteiger partial charge < -0.3 is 19.9 Å². The monoisotopic (exact) mass is 402 g/mol. The topological polar surface area (TPSA) is 63.1 Å². The predicted octanol–water partition coefficient (Wildman–Crippen LogP) is 2.20. The SMILES string of the molecule is CCOC(=O)c1c(NC(=O)c2ccc(N(C)C)cc2)sc2c1CC[NH+](CC)C2. The van der Waals surface area contributed by atoms with Gasteiger partial charge in [-0.2, -0.15) is 0 Å². The molecule has 0 aliphatic carbocycles. The lowest BCUT2D eigenvalue weighted by Gasteiger charge is -2.22. The smallest absolute Gasteiger partial charge is 0.341 e. The number of rotatable bonds is 6. The van der Waals surface area contributed by atoms with Crippen molar-refractivity contribution in [3.8, 4) is 0 Å². The minimum Gasteiger partial charge on any atom is -0.462 e. The van der Waals surface area contributed by atoms with Crippen LogP contribution in [0, 0.1) is 0 Å². The van der Waals surface area contributed by atoms with Crippen molar-refractivity contribution >= 4 is 33.9 Å². The third-order valence-electron chi connectivity index (χ3n) is 5.08. The van der Waals surface area contributed by atoms with Crippen LogP contribution in [0.5, 0.6) is 0 Å². The average molecular weight is 403 g/mol. The molecule has 1 unspecified atom stereocenters. The van der Waals surface area contributed by atoms with Crippen molar-refractivity contribution in [3.63, 3.8) is 0 Å². The number of fused-ring (bicyclic) bond motifs is 1. The zero-order chi connectivity index (χ0) is 20.3. The quantitative estimate of drug-likeness (QED) is 0.728. The lowest BCUT2D eigenvalue weighted by Crippen LogP contribution is -3.11. The number of hydrogen-bond donors (Lipinski definition) is 2. The van der Waals surface area contributed by atoms with E-state index in [1.165, 1.54) is 21.1 Å². The minimum absolute atomic E-state index is 0.214. The maximum absolute atomic E-state index is 12.8. The van der Waals surface area contributed by atoms with E-state index in [0.29, 0.717) is 22.7 Å². The van der Waals surface area contributed by atoms with E-state index in [1.54, 1.807) is 19.1 Å². The van der Waals surface area contributed by atoms with Gasteiger partial charge in [0.1, 0.15) is 11.5 Å². The van der Waals surface area contributed by atoms with Gasteiger partial charge in [-0.05, 0) is 43.7 Å². The molecule has 0 saturated carbocycles. The van der Waals surface area contributed by atoms with Crippen LogP contribution in [0.1, 0.15) is 45.0 Å². The maximum atomic E-state index is 12.8. The van der Waals surface area contributed by atoms with E-state index in [4.69, 9.17) is 4.74 Å². The van der Waals surface area contributed by atoms with E-state index < -0.39 is 0 Å². The fourth-order valence-corrected chi connectivity index (χ4v) is 4.73. The fraction of sp³-hybridized carbons (Fsp3) is 0.429. The predicted molar refractivity (Wildman–Crippen MR) is 113 cm³/mol. The van der Waals surface area contributed by atoms with Crippen LogP contribution in [0.3, 0.4) is 0 Å². The van der Waals surface area contributed by atoms with Gasteiger partial charge in [-0.1, -0.05) is 0 Å². The van der Waals surface area contributed by atoms with Gasteiger partial charge in [0, 0.05) is 31.8 Å². The highest BCUT2D eigenvalue weighted by Crippen LogP contribution is 2.35. The Kier molecular flexibility index (Phi) is 6.36. The van der Waals surface area contributed by atoms with Crippen LogP contribution < -0.4 is 15.1 Å². The lowest BCUT2D eigenvalue weighted by molar-refractivity contribution is -0.913. The molecule has 0 radical (unpaired) electrons. The molecule has 0 saturated heterocycles. The molecular formula is C21H28N3O3S+. The summed E-state index contributed by atoms with van der Waals surface area (Å²) in [6.07, 6.45) is 0.830. The molecule has 28 heavy (non-hydrogen) atoms. The molecule has 3 rings (SSSR count). The number of quaternary nitrogens is 1. The molecule has 2 N–H and O–H groups in total. The van der Waals surface area contributed by atoms with Crippen LogP contribution >= 0.6 is 11.3 Å². The van der Waals surface area contributed by atoms with Crippen LogP contribution in [-0.4, -0.2) is 45.7 Å². The van der Waals surface area contributed by atoms with Crippen molar-refractivity contribution in [1.82, 2.24) is 0 Å². The van der Waals surface area contributed by atoms with Gasteiger partial charge in [0.15, 0.2) is 0 Å². The molecule has 1 atom stereocenters. The van der Waals surface area contributed by atoms with E-state index in [2.05, 4.69) is 12.2 Å². The summed E-state index contributed by atoms with van der Waals surface area (Å²) in [7, 11) is 3.91. The number of anilines is 2. The van der Waals surface area contributed by atoms with Crippen LogP contribution in [-0.2, 0) is 17.7 Å². The zero-order valence-electron chi connectivity index (χ0n) is 16.9. The highest BCUT2D eigenvalue weighted by Gasteiger charge is 2.30. The molecule has 0 bridgehead atoms. The van der Waals surface area contributed by atoms with E-state index in [0.717, 1.165) is 37.3 Å². The van der Waals surface area contributed by atoms with Gasteiger partial charge >= 0.3 is 5.97 Å². The van der Waals surface area contributed by atoms with E-state index >= 15 is 0 Å². The highest BCUT2D eigenvalue weighted by molar-refractivity contribution is 7.17. The maximum Gasteiger partial charge on any atom is 0.341 e. The van der Waals surface area contributed by atoms with Gasteiger partial charge in [-0.25, -0.2) is 4.79 Å². The summed E-state index contributed by atoms with van der Waals surface area (Å²) in [5, 5.41) is 3.56. The first-order valence-corrected chi connectivity index (χ1v) is 10.5. The van der Waals surface area contributed by atoms with Gasteiger partial charge in [0.25, 0.3) is 5.91 Å². The summed E-state index contributed by atoms with van der Waals surface area (Å²) < 4.78 is 5.28. The second kappa shape index (κ2) is 8.75. The summed E-state index contributed by atoms with van der Waals surface area (Å²) in [4.78, 5) is 30.0. The largest absolute Gasteiger partial charge is 0.462 e. The van der Waals surface area contributed by atoms with Crippen molar-refractivity contribution in [2.75, 3.05) is 44.0 Å². The highest BCUT2D eigenvalue weighted by atomic mass is 32.1. The first-order chi connectivity index (χ1) is 13.4. The Morgan fingerprint density at radius 3 is 2.54 bits per heavy atom. The number of hydrogen-bond acceptors (Lipinski definition) is 5. The molecule has 2 heterocycles. The summed E-state index contributed by atoms with van der Waals surface area (Å²) >= 11 is 1.50. The van der Waals surface area contributed by atoms with Crippen molar-refractivity contribution in [1.29, 1.82) is 0 Å². The molecule has 1 aliphatic rings. The number of ether oxygens (including phenoxy) is 1. The summed E-state index contributed by atoms with van der Waals surface area (Å²) in [5.74, 6) is -0.563. The number of carbonyl (C=O) groups excluding carboxylic acids is 2. The third-order valence-corrected chi connectivity index (χ3v) is 6.23. The lowest BCUT2D eigenvalue weighted by atomic mass is 10.0. The molecule has 0 fully saturated rings. The fourth-order valence-electron chi connectivity index (χ4n) is 3.43. The van der Waals surface area contributed by atoms with Crippen LogP contribution in [0.2, 0.25) is 0 Å². The molecule has 7 heteroatoms. The van der Waals surface area contributed by atoms with Crippen molar-refractivity contribution in [2.45, 2.75) is 26.8 Å². The molecule has 150 valence electrons. The Balaban J connectivity index is 1.89. The summed E-state index contributed by atoms with van der Waals surface area (Å²) in [5.41, 5.74) is 3.17. The number of esters is 1. The van der Waals surface area contributed by atoms with Crippen LogP contribution in [0.15, 0.2) is 24.3 Å². The van der Waals surface area contributed by atoms with Crippen molar-refractivity contribution in [2.24, 2.45) is 0 Å². The molecule has 1 aromatic heterocycles. The molecule has 1 aromatic carbocycles. The Hall–Kier alpha value is -2.38. The molecular weight excluding hydrogens is 374 g/mol. The number of amides is 1. The molecule has 1 amide bonds. The minimum atomic E-state index is -0.349. The first-order valence-electron chi connectivity index (χ1n) is 9.68. The average Bonchev–Trinajstić information content (AvgIpc) is 3.04. The third kappa shape index (κ3) is 4.20. The summed E-state index contributed by atoms with van der Waals surface area (Å²) in [6, 6.07) is 7.41. The molecule has 1 aliphatic heterocycles. The number of nitrogens with zero attached hydrogens (tertiary/aromatic N) is 1. The Labute approximate surface area is 170 Å². The number of benzene rings is 1. The molecule has 6 nitrogen and oxygen atoms in total. The number of thiophene rings is 1. The Morgan fingerprint density at radius 1 is 1.21 bits per heavy atom. The Morgan fingerprint density at radius 2 is 1.93 bits per heavy atom. The van der Waals surface area contributed by atoms with Gasteiger partial charge in [0.05, 0.1) is 30.1 Å². The van der Waals surface area contributed by atoms with Crippen molar-refractivity contribution < 1.29 is 19.2 Å². The standard InChI is InChI=1S/C21H27N3O3S/c1-5-24-12-11-16-17(13-24)28-20(18(16)21(26)27-6-2)22-19(25)14-7-9-15(10-8-14)23(3)4/h7-10H,5-6,11-13H2,1-4H3,(H,22,25)/p+1. The second-order valence-corrected chi connectivity index (χ2v) is 8.21. The van der Waals surface area contributed by atoms with E-state index in [1.807, 2.05) is 31.1 Å². The van der Waals surface area contributed by atoms with Crippen molar-refractivity contribution in [3.05, 3.63) is 45.8 Å². The van der Waals surface area contributed by atoms with Crippen LogP contribution in [0.4, 0.5) is 10.7 Å². The Bertz CT molecular complexity index is 859. The normalized spacial score (nSPS) is 15.6.